The van der Waals surface area contributed by atoms with E-state index in [4.69, 9.17) is 18.7 Å². The topological polar surface area (TPSA) is 113 Å². The third-order valence-corrected chi connectivity index (χ3v) is 3.17. The molecule has 0 radical (unpaired) electrons. The molecule has 0 aliphatic heterocycles. The number of benzene rings is 1. The third-order valence-electron chi connectivity index (χ3n) is 3.17. The van der Waals surface area contributed by atoms with Crippen molar-refractivity contribution in [2.45, 2.75) is 39.4 Å². The number of methoxy groups -OCH3 is 1. The fourth-order valence-electron chi connectivity index (χ4n) is 1.97. The molecule has 1 aromatic heterocycles. The molecule has 1 heterocycles. The maximum absolute atomic E-state index is 11.7. The lowest BCUT2D eigenvalue weighted by molar-refractivity contribution is -0.145. The first kappa shape index (κ1) is 20.2. The molecule has 146 valence electrons. The van der Waals surface area contributed by atoms with E-state index in [-0.39, 0.29) is 25.5 Å². The summed E-state index contributed by atoms with van der Waals surface area (Å²) in [4.78, 5) is 27.4. The summed E-state index contributed by atoms with van der Waals surface area (Å²) >= 11 is 0. The van der Waals surface area contributed by atoms with Crippen LogP contribution in [0.5, 0.6) is 5.75 Å². The number of amides is 1. The Morgan fingerprint density at radius 3 is 2.52 bits per heavy atom. The van der Waals surface area contributed by atoms with Gasteiger partial charge in [-0.15, -0.1) is 0 Å². The number of alkyl carbamates (subject to hydrolysis) is 1. The zero-order valence-corrected chi connectivity index (χ0v) is 15.8. The van der Waals surface area contributed by atoms with Crippen LogP contribution in [0.15, 0.2) is 28.8 Å². The second-order valence-corrected chi connectivity index (χ2v) is 6.58. The molecule has 9 nitrogen and oxygen atoms in total. The zero-order chi connectivity index (χ0) is 19.9. The van der Waals surface area contributed by atoms with Gasteiger partial charge in [-0.2, -0.15) is 4.98 Å². The lowest BCUT2D eigenvalue weighted by Gasteiger charge is -2.19. The molecular weight excluding hydrogens is 354 g/mol. The van der Waals surface area contributed by atoms with Gasteiger partial charge in [0.25, 0.3) is 5.89 Å². The van der Waals surface area contributed by atoms with Crippen LogP contribution >= 0.6 is 0 Å². The first-order chi connectivity index (χ1) is 12.8. The van der Waals surface area contributed by atoms with Crippen molar-refractivity contribution in [3.63, 3.8) is 0 Å². The number of hydrogen-bond donors (Lipinski definition) is 1. The molecule has 0 saturated carbocycles. The molecule has 0 bridgehead atoms. The Labute approximate surface area is 157 Å². The van der Waals surface area contributed by atoms with Crippen LogP contribution in [0.2, 0.25) is 0 Å². The summed E-state index contributed by atoms with van der Waals surface area (Å²) in [6.07, 6.45) is -0.588. The van der Waals surface area contributed by atoms with Crippen molar-refractivity contribution in [3.8, 4) is 17.1 Å². The van der Waals surface area contributed by atoms with Gasteiger partial charge in [0, 0.05) is 12.1 Å². The minimum Gasteiger partial charge on any atom is -0.497 e. The Morgan fingerprint density at radius 1 is 1.19 bits per heavy atom. The second kappa shape index (κ2) is 9.02. The minimum absolute atomic E-state index is 0.00127. The van der Waals surface area contributed by atoms with Gasteiger partial charge in [0.2, 0.25) is 5.82 Å². The van der Waals surface area contributed by atoms with Crippen molar-refractivity contribution in [1.29, 1.82) is 0 Å². The zero-order valence-electron chi connectivity index (χ0n) is 15.8. The van der Waals surface area contributed by atoms with E-state index in [1.807, 2.05) is 0 Å². The van der Waals surface area contributed by atoms with E-state index >= 15 is 0 Å². The fraction of sp³-hybridized carbons (Fsp3) is 0.444. The second-order valence-electron chi connectivity index (χ2n) is 6.58. The van der Waals surface area contributed by atoms with Crippen molar-refractivity contribution in [2.75, 3.05) is 13.7 Å². The largest absolute Gasteiger partial charge is 0.497 e. The van der Waals surface area contributed by atoms with Crippen molar-refractivity contribution in [3.05, 3.63) is 30.2 Å². The predicted molar refractivity (Wildman–Crippen MR) is 94.9 cm³/mol. The van der Waals surface area contributed by atoms with Crippen LogP contribution in [0.1, 0.15) is 33.1 Å². The number of nitrogens with one attached hydrogen (secondary N) is 1. The molecular formula is C18H23N3O6. The van der Waals surface area contributed by atoms with Gasteiger partial charge < -0.3 is 24.1 Å². The van der Waals surface area contributed by atoms with Gasteiger partial charge >= 0.3 is 12.1 Å². The number of carbonyl (C=O) groups is 2. The Hall–Kier alpha value is -3.10. The third kappa shape index (κ3) is 6.96. The lowest BCUT2D eigenvalue weighted by atomic mass is 10.2. The van der Waals surface area contributed by atoms with Crippen LogP contribution < -0.4 is 10.1 Å². The quantitative estimate of drug-likeness (QED) is 0.733. The van der Waals surface area contributed by atoms with Crippen molar-refractivity contribution >= 4 is 12.1 Å². The number of carbonyl (C=O) groups excluding carboxylic acids is 2. The highest BCUT2D eigenvalue weighted by Gasteiger charge is 2.16. The fourth-order valence-corrected chi connectivity index (χ4v) is 1.97. The summed E-state index contributed by atoms with van der Waals surface area (Å²) in [5.74, 6) is 0.774. The summed E-state index contributed by atoms with van der Waals surface area (Å²) in [6, 6.07) is 7.15. The van der Waals surface area contributed by atoms with E-state index in [9.17, 15) is 9.59 Å². The molecule has 1 amide bonds. The molecule has 9 heteroatoms. The molecule has 0 spiro atoms. The monoisotopic (exact) mass is 377 g/mol. The van der Waals surface area contributed by atoms with E-state index in [2.05, 4.69) is 15.5 Å². The van der Waals surface area contributed by atoms with Gasteiger partial charge in [-0.05, 0) is 45.0 Å². The highest BCUT2D eigenvalue weighted by molar-refractivity contribution is 5.72. The van der Waals surface area contributed by atoms with Crippen molar-refractivity contribution < 1.29 is 28.3 Å². The van der Waals surface area contributed by atoms with Crippen LogP contribution in [-0.2, 0) is 20.9 Å². The summed E-state index contributed by atoms with van der Waals surface area (Å²) in [7, 11) is 1.58. The molecule has 0 aliphatic carbocycles. The highest BCUT2D eigenvalue weighted by Crippen LogP contribution is 2.19. The summed E-state index contributed by atoms with van der Waals surface area (Å²) in [5.41, 5.74) is 0.156. The molecule has 0 atom stereocenters. The van der Waals surface area contributed by atoms with Gasteiger partial charge in [0.15, 0.2) is 6.61 Å². The smallest absolute Gasteiger partial charge is 0.407 e. The maximum atomic E-state index is 11.7. The Kier molecular flexibility index (Phi) is 6.75. The number of nitrogens with zero attached hydrogens (tertiary/aromatic N) is 2. The van der Waals surface area contributed by atoms with Gasteiger partial charge in [-0.25, -0.2) is 4.79 Å². The average molecular weight is 377 g/mol. The van der Waals surface area contributed by atoms with E-state index < -0.39 is 17.7 Å². The van der Waals surface area contributed by atoms with Crippen LogP contribution in [-0.4, -0.2) is 41.5 Å². The SMILES string of the molecule is COc1ccc(-c2noc(COC(=O)CCNC(=O)OC(C)(C)C)n2)cc1. The number of aromatic nitrogens is 2. The predicted octanol–water partition coefficient (Wildman–Crippen LogP) is 2.70. The molecule has 27 heavy (non-hydrogen) atoms. The Morgan fingerprint density at radius 2 is 1.89 bits per heavy atom. The molecule has 0 saturated heterocycles. The normalized spacial score (nSPS) is 11.0. The number of ether oxygens (including phenoxy) is 3. The van der Waals surface area contributed by atoms with E-state index in [1.54, 1.807) is 52.1 Å². The van der Waals surface area contributed by atoms with Gasteiger partial charge in [-0.3, -0.25) is 4.79 Å². The van der Waals surface area contributed by atoms with Crippen LogP contribution in [0.25, 0.3) is 11.4 Å². The standard InChI is InChI=1S/C18H23N3O6/c1-18(2,3)26-17(23)19-10-9-15(22)25-11-14-20-16(21-27-14)12-5-7-13(24-4)8-6-12/h5-8H,9-11H2,1-4H3,(H,19,23). The summed E-state index contributed by atoms with van der Waals surface area (Å²) < 4.78 is 20.3. The van der Waals surface area contributed by atoms with Crippen LogP contribution in [0.3, 0.4) is 0 Å². The highest BCUT2D eigenvalue weighted by atomic mass is 16.6. The first-order valence-electron chi connectivity index (χ1n) is 8.36. The van der Waals surface area contributed by atoms with Crippen LogP contribution in [0, 0.1) is 0 Å². The molecule has 0 fully saturated rings. The molecule has 1 aromatic carbocycles. The van der Waals surface area contributed by atoms with Gasteiger partial charge in [0.05, 0.1) is 13.5 Å². The Bertz CT molecular complexity index is 764. The first-order valence-corrected chi connectivity index (χ1v) is 8.36. The molecule has 2 aromatic rings. The minimum atomic E-state index is -0.593. The molecule has 0 aliphatic rings. The van der Waals surface area contributed by atoms with Gasteiger partial charge in [0.1, 0.15) is 11.4 Å². The summed E-state index contributed by atoms with van der Waals surface area (Å²) in [6.45, 7) is 5.23. The van der Waals surface area contributed by atoms with Crippen LogP contribution in [0.4, 0.5) is 4.79 Å². The van der Waals surface area contributed by atoms with Gasteiger partial charge in [-0.1, -0.05) is 5.16 Å². The average Bonchev–Trinajstić information content (AvgIpc) is 3.07. The molecule has 0 unspecified atom stereocenters. The number of esters is 1. The maximum Gasteiger partial charge on any atom is 0.407 e. The van der Waals surface area contributed by atoms with E-state index in [0.717, 1.165) is 11.3 Å². The van der Waals surface area contributed by atoms with E-state index in [0.29, 0.717) is 5.82 Å². The molecule has 1 N–H and O–H groups in total. The molecule has 2 rings (SSSR count). The van der Waals surface area contributed by atoms with Crippen molar-refractivity contribution in [1.82, 2.24) is 15.5 Å². The number of rotatable bonds is 7. The number of hydrogen-bond acceptors (Lipinski definition) is 8. The Balaban J connectivity index is 1.74. The summed E-state index contributed by atoms with van der Waals surface area (Å²) in [5, 5.41) is 6.33. The lowest BCUT2D eigenvalue weighted by Crippen LogP contribution is -2.33. The van der Waals surface area contributed by atoms with E-state index in [1.165, 1.54) is 0 Å². The van der Waals surface area contributed by atoms with Crippen molar-refractivity contribution in [2.24, 2.45) is 0 Å².